The van der Waals surface area contributed by atoms with Crippen LogP contribution in [0.15, 0.2) is 63.5 Å². The van der Waals surface area contributed by atoms with E-state index in [9.17, 15) is 4.79 Å². The second kappa shape index (κ2) is 7.80. The summed E-state index contributed by atoms with van der Waals surface area (Å²) in [6, 6.07) is 13.1. The maximum Gasteiger partial charge on any atom is 0.293 e. The van der Waals surface area contributed by atoms with E-state index < -0.39 is 0 Å². The van der Waals surface area contributed by atoms with Crippen LogP contribution >= 0.6 is 11.3 Å². The van der Waals surface area contributed by atoms with Crippen LogP contribution in [0.1, 0.15) is 19.7 Å². The van der Waals surface area contributed by atoms with Gasteiger partial charge in [0.25, 0.3) is 5.56 Å². The van der Waals surface area contributed by atoms with Gasteiger partial charge in [-0.2, -0.15) is 15.2 Å². The van der Waals surface area contributed by atoms with Gasteiger partial charge in [-0.3, -0.25) is 4.79 Å². The number of thiophene rings is 1. The van der Waals surface area contributed by atoms with Crippen LogP contribution in [0, 0.1) is 0 Å². The monoisotopic (exact) mass is 434 g/mol. The van der Waals surface area contributed by atoms with Crippen LogP contribution in [0.5, 0.6) is 5.75 Å². The second-order valence-corrected chi connectivity index (χ2v) is 8.08. The first-order valence-corrected chi connectivity index (χ1v) is 10.5. The van der Waals surface area contributed by atoms with Crippen LogP contribution in [0.2, 0.25) is 0 Å². The molecule has 0 unspecified atom stereocenters. The van der Waals surface area contributed by atoms with Gasteiger partial charge in [0.2, 0.25) is 11.7 Å². The first kappa shape index (κ1) is 19.2. The summed E-state index contributed by atoms with van der Waals surface area (Å²) in [4.78, 5) is 18.2. The highest BCUT2D eigenvalue weighted by atomic mass is 32.1. The topological polar surface area (TPSA) is 100 Å². The Morgan fingerprint density at radius 1 is 1.19 bits per heavy atom. The average molecular weight is 434 g/mol. The number of fused-ring (bicyclic) bond motifs is 1. The third-order valence-corrected chi connectivity index (χ3v) is 5.39. The molecule has 5 rings (SSSR count). The summed E-state index contributed by atoms with van der Waals surface area (Å²) in [5.41, 5.74) is 1.67. The zero-order valence-corrected chi connectivity index (χ0v) is 17.6. The van der Waals surface area contributed by atoms with Crippen molar-refractivity contribution in [3.63, 3.8) is 0 Å². The summed E-state index contributed by atoms with van der Waals surface area (Å²) in [5, 5.41) is 14.6. The number of aromatic nitrogens is 6. The first-order valence-electron chi connectivity index (χ1n) is 9.66. The van der Waals surface area contributed by atoms with E-state index in [1.54, 1.807) is 17.4 Å². The summed E-state index contributed by atoms with van der Waals surface area (Å²) < 4.78 is 13.7. The smallest absolute Gasteiger partial charge is 0.293 e. The predicted molar refractivity (Wildman–Crippen MR) is 115 cm³/mol. The highest BCUT2D eigenvalue weighted by Crippen LogP contribution is 2.23. The number of nitrogens with zero attached hydrogens (tertiary/aromatic N) is 6. The second-order valence-electron chi connectivity index (χ2n) is 7.13. The Labute approximate surface area is 180 Å². The van der Waals surface area contributed by atoms with Gasteiger partial charge in [0, 0.05) is 5.56 Å². The van der Waals surface area contributed by atoms with Crippen molar-refractivity contribution in [1.82, 2.24) is 29.5 Å². The van der Waals surface area contributed by atoms with E-state index in [2.05, 4.69) is 20.3 Å². The van der Waals surface area contributed by atoms with Crippen molar-refractivity contribution in [2.24, 2.45) is 0 Å². The minimum Gasteiger partial charge on any atom is -0.491 e. The number of rotatable bonds is 6. The SMILES string of the molecule is CC(C)Oc1ccc(-c2noc(Cn3ncn4nc(-c5cccs5)cc4c3=O)n2)cc1. The summed E-state index contributed by atoms with van der Waals surface area (Å²) >= 11 is 1.56. The molecule has 4 heterocycles. The van der Waals surface area contributed by atoms with Gasteiger partial charge in [-0.15, -0.1) is 11.3 Å². The van der Waals surface area contributed by atoms with Crippen molar-refractivity contribution >= 4 is 16.9 Å². The molecule has 0 saturated heterocycles. The molecule has 5 aromatic rings. The molecule has 0 aliphatic carbocycles. The molecule has 0 aliphatic rings. The van der Waals surface area contributed by atoms with Crippen LogP contribution < -0.4 is 10.3 Å². The van der Waals surface area contributed by atoms with Gasteiger partial charge in [0.15, 0.2) is 0 Å². The standard InChI is InChI=1S/C21H18N6O3S/c1-13(2)29-15-7-5-14(6-8-15)20-23-19(30-25-20)11-26-21(28)17-10-16(18-4-3-9-31-18)24-27(17)12-22-26/h3-10,12-13H,11H2,1-2H3. The maximum atomic E-state index is 12.9. The number of hydrogen-bond acceptors (Lipinski definition) is 8. The van der Waals surface area contributed by atoms with Gasteiger partial charge in [-0.1, -0.05) is 11.2 Å². The van der Waals surface area contributed by atoms with Crippen LogP contribution in [0.25, 0.3) is 27.5 Å². The summed E-state index contributed by atoms with van der Waals surface area (Å²) in [6.45, 7) is 4.01. The van der Waals surface area contributed by atoms with Crippen LogP contribution in [0.4, 0.5) is 0 Å². The molecule has 0 N–H and O–H groups in total. The number of hydrogen-bond donors (Lipinski definition) is 0. The minimum atomic E-state index is -0.284. The minimum absolute atomic E-state index is 0.0659. The molecule has 0 bridgehead atoms. The molecule has 156 valence electrons. The zero-order chi connectivity index (χ0) is 21.4. The van der Waals surface area contributed by atoms with Crippen molar-refractivity contribution in [2.45, 2.75) is 26.5 Å². The molecule has 0 amide bonds. The van der Waals surface area contributed by atoms with Crippen LogP contribution in [-0.4, -0.2) is 35.6 Å². The Bertz CT molecular complexity index is 1380. The van der Waals surface area contributed by atoms with Crippen molar-refractivity contribution in [3.05, 3.63) is 70.4 Å². The molecule has 1 aromatic carbocycles. The Hall–Kier alpha value is -3.79. The molecular weight excluding hydrogens is 416 g/mol. The van der Waals surface area contributed by atoms with E-state index in [1.165, 1.54) is 15.5 Å². The van der Waals surface area contributed by atoms with E-state index in [1.807, 2.05) is 55.6 Å². The Kier molecular flexibility index (Phi) is 4.83. The van der Waals surface area contributed by atoms with Gasteiger partial charge in [0.1, 0.15) is 29.8 Å². The molecule has 0 saturated carbocycles. The van der Waals surface area contributed by atoms with E-state index in [0.29, 0.717) is 11.3 Å². The fraction of sp³-hybridized carbons (Fsp3) is 0.190. The fourth-order valence-electron chi connectivity index (χ4n) is 3.11. The molecule has 10 heteroatoms. The fourth-order valence-corrected chi connectivity index (χ4v) is 3.80. The van der Waals surface area contributed by atoms with E-state index >= 15 is 0 Å². The summed E-state index contributed by atoms with van der Waals surface area (Å²) in [6.07, 6.45) is 1.60. The lowest BCUT2D eigenvalue weighted by Crippen LogP contribution is -2.25. The quantitative estimate of drug-likeness (QED) is 0.403. The van der Waals surface area contributed by atoms with Gasteiger partial charge in [0.05, 0.1) is 11.0 Å². The van der Waals surface area contributed by atoms with Crippen molar-refractivity contribution in [3.8, 4) is 27.7 Å². The van der Waals surface area contributed by atoms with Gasteiger partial charge in [-0.25, -0.2) is 9.20 Å². The summed E-state index contributed by atoms with van der Waals surface area (Å²) in [5.74, 6) is 1.49. The number of ether oxygens (including phenoxy) is 1. The number of benzene rings is 1. The third kappa shape index (κ3) is 3.84. The molecule has 0 fully saturated rings. The molecule has 0 aliphatic heterocycles. The molecular formula is C21H18N6O3S. The molecule has 0 spiro atoms. The largest absolute Gasteiger partial charge is 0.491 e. The van der Waals surface area contributed by atoms with Crippen molar-refractivity contribution in [2.75, 3.05) is 0 Å². The Morgan fingerprint density at radius 3 is 2.77 bits per heavy atom. The lowest BCUT2D eigenvalue weighted by molar-refractivity contribution is 0.242. The Balaban J connectivity index is 1.38. The molecule has 0 atom stereocenters. The first-order chi connectivity index (χ1) is 15.1. The maximum absolute atomic E-state index is 12.9. The van der Waals surface area contributed by atoms with E-state index in [0.717, 1.165) is 21.9 Å². The van der Waals surface area contributed by atoms with Crippen LogP contribution in [-0.2, 0) is 6.54 Å². The molecule has 4 aromatic heterocycles. The van der Waals surface area contributed by atoms with Crippen LogP contribution in [0.3, 0.4) is 0 Å². The van der Waals surface area contributed by atoms with Gasteiger partial charge in [-0.05, 0) is 55.6 Å². The zero-order valence-electron chi connectivity index (χ0n) is 16.8. The van der Waals surface area contributed by atoms with Gasteiger partial charge >= 0.3 is 0 Å². The lowest BCUT2D eigenvalue weighted by Gasteiger charge is -2.09. The Morgan fingerprint density at radius 2 is 2.03 bits per heavy atom. The highest BCUT2D eigenvalue weighted by molar-refractivity contribution is 7.13. The molecule has 0 radical (unpaired) electrons. The lowest BCUT2D eigenvalue weighted by atomic mass is 10.2. The summed E-state index contributed by atoms with van der Waals surface area (Å²) in [7, 11) is 0. The van der Waals surface area contributed by atoms with Crippen molar-refractivity contribution in [1.29, 1.82) is 0 Å². The van der Waals surface area contributed by atoms with E-state index in [4.69, 9.17) is 9.26 Å². The molecule has 31 heavy (non-hydrogen) atoms. The molecule has 9 nitrogen and oxygen atoms in total. The third-order valence-electron chi connectivity index (χ3n) is 4.50. The highest BCUT2D eigenvalue weighted by Gasteiger charge is 2.14. The average Bonchev–Trinajstić information content (AvgIpc) is 3.51. The van der Waals surface area contributed by atoms with Crippen molar-refractivity contribution < 1.29 is 9.26 Å². The predicted octanol–water partition coefficient (Wildman–Crippen LogP) is 3.51. The van der Waals surface area contributed by atoms with E-state index in [-0.39, 0.29) is 24.1 Å². The normalized spacial score (nSPS) is 11.5. The van der Waals surface area contributed by atoms with Gasteiger partial charge < -0.3 is 9.26 Å².